The van der Waals surface area contributed by atoms with Crippen LogP contribution in [0.4, 0.5) is 4.79 Å². The van der Waals surface area contributed by atoms with Gasteiger partial charge in [0.1, 0.15) is 0 Å². The fraction of sp³-hybridized carbons (Fsp3) is 0.500. The zero-order valence-corrected chi connectivity index (χ0v) is 12.5. The Morgan fingerprint density at radius 3 is 2.74 bits per heavy atom. The fourth-order valence-corrected chi connectivity index (χ4v) is 2.74. The number of nitrogens with zero attached hydrogens (tertiary/aromatic N) is 1. The van der Waals surface area contributed by atoms with E-state index in [4.69, 9.17) is 4.74 Å². The summed E-state index contributed by atoms with van der Waals surface area (Å²) in [5, 5.41) is 10.7. The van der Waals surface area contributed by atoms with Crippen molar-refractivity contribution in [1.29, 1.82) is 0 Å². The Kier molecular flexibility index (Phi) is 4.47. The van der Waals surface area contributed by atoms with Gasteiger partial charge in [-0.2, -0.15) is 0 Å². The molecule has 1 fully saturated rings. The number of hydrogen-bond donors (Lipinski definition) is 1. The topological polar surface area (TPSA) is 49.8 Å². The third-order valence-electron chi connectivity index (χ3n) is 3.48. The van der Waals surface area contributed by atoms with Gasteiger partial charge >= 0.3 is 6.09 Å². The van der Waals surface area contributed by atoms with E-state index in [2.05, 4.69) is 15.9 Å². The summed E-state index contributed by atoms with van der Waals surface area (Å²) in [7, 11) is 0. The number of hydrogen-bond acceptors (Lipinski definition) is 3. The first-order chi connectivity index (χ1) is 9.05. The molecule has 2 rings (SSSR count). The Balaban J connectivity index is 2.04. The summed E-state index contributed by atoms with van der Waals surface area (Å²) < 4.78 is 5.92. The molecule has 1 amide bonds. The highest BCUT2D eigenvalue weighted by Crippen LogP contribution is 2.34. The van der Waals surface area contributed by atoms with Crippen molar-refractivity contribution in [2.24, 2.45) is 0 Å². The second-order valence-corrected chi connectivity index (χ2v) is 5.64. The molecule has 0 bridgehead atoms. The zero-order chi connectivity index (χ0) is 13.9. The molecule has 1 saturated heterocycles. The van der Waals surface area contributed by atoms with Crippen molar-refractivity contribution in [2.75, 3.05) is 19.7 Å². The Bertz CT molecular complexity index is 456. The van der Waals surface area contributed by atoms with E-state index in [-0.39, 0.29) is 6.09 Å². The molecule has 0 aromatic heterocycles. The number of aliphatic hydroxyl groups is 1. The number of rotatable bonds is 2. The molecule has 1 N–H and O–H groups in total. The second kappa shape index (κ2) is 5.92. The van der Waals surface area contributed by atoms with Crippen molar-refractivity contribution in [3.8, 4) is 0 Å². The first kappa shape index (κ1) is 14.3. The maximum Gasteiger partial charge on any atom is 0.409 e. The van der Waals surface area contributed by atoms with Gasteiger partial charge < -0.3 is 14.7 Å². The molecule has 0 aliphatic carbocycles. The number of amides is 1. The van der Waals surface area contributed by atoms with Crippen molar-refractivity contribution in [1.82, 2.24) is 4.90 Å². The van der Waals surface area contributed by atoms with Crippen LogP contribution in [0, 0.1) is 0 Å². The highest BCUT2D eigenvalue weighted by molar-refractivity contribution is 9.10. The van der Waals surface area contributed by atoms with Crippen LogP contribution in [0.3, 0.4) is 0 Å². The smallest absolute Gasteiger partial charge is 0.409 e. The van der Waals surface area contributed by atoms with E-state index in [1.807, 2.05) is 24.3 Å². The van der Waals surface area contributed by atoms with Gasteiger partial charge in [-0.1, -0.05) is 28.1 Å². The molecule has 0 atom stereocenters. The van der Waals surface area contributed by atoms with Crippen LogP contribution in [-0.4, -0.2) is 35.8 Å². The van der Waals surface area contributed by atoms with Crippen LogP contribution in [0.2, 0.25) is 0 Å². The van der Waals surface area contributed by atoms with Crippen molar-refractivity contribution in [2.45, 2.75) is 25.4 Å². The Labute approximate surface area is 121 Å². The highest BCUT2D eigenvalue weighted by atomic mass is 79.9. The second-order valence-electron chi connectivity index (χ2n) is 4.73. The van der Waals surface area contributed by atoms with Gasteiger partial charge in [0.05, 0.1) is 12.2 Å². The number of carbonyl (C=O) groups excluding carboxylic acids is 1. The van der Waals surface area contributed by atoms with Gasteiger partial charge in [-0.15, -0.1) is 0 Å². The van der Waals surface area contributed by atoms with Crippen LogP contribution in [0.15, 0.2) is 28.7 Å². The Morgan fingerprint density at radius 2 is 2.16 bits per heavy atom. The molecule has 19 heavy (non-hydrogen) atoms. The molecule has 0 unspecified atom stereocenters. The number of carbonyl (C=O) groups is 1. The van der Waals surface area contributed by atoms with Gasteiger partial charge in [0.2, 0.25) is 0 Å². The van der Waals surface area contributed by atoms with E-state index in [9.17, 15) is 9.90 Å². The lowest BCUT2D eigenvalue weighted by Gasteiger charge is -2.38. The molecule has 0 saturated carbocycles. The lowest BCUT2D eigenvalue weighted by Crippen LogP contribution is -2.45. The molecule has 1 heterocycles. The van der Waals surface area contributed by atoms with Gasteiger partial charge in [-0.05, 0) is 37.5 Å². The fourth-order valence-electron chi connectivity index (χ4n) is 2.34. The third kappa shape index (κ3) is 3.28. The molecule has 5 heteroatoms. The highest BCUT2D eigenvalue weighted by Gasteiger charge is 2.35. The zero-order valence-electron chi connectivity index (χ0n) is 10.9. The first-order valence-electron chi connectivity index (χ1n) is 6.45. The number of ether oxygens (including phenoxy) is 1. The normalized spacial score (nSPS) is 18.2. The number of likely N-dealkylation sites (tertiary alicyclic amines) is 1. The molecule has 0 radical (unpaired) electrons. The van der Waals surface area contributed by atoms with Crippen LogP contribution in [0.25, 0.3) is 0 Å². The molecular formula is C14H18BrNO3. The Morgan fingerprint density at radius 1 is 1.47 bits per heavy atom. The molecule has 1 aliphatic rings. The van der Waals surface area contributed by atoms with E-state index in [0.29, 0.717) is 32.5 Å². The van der Waals surface area contributed by atoms with Crippen molar-refractivity contribution >= 4 is 22.0 Å². The monoisotopic (exact) mass is 327 g/mol. The summed E-state index contributed by atoms with van der Waals surface area (Å²) in [6.45, 7) is 3.20. The van der Waals surface area contributed by atoms with Gasteiger partial charge in [-0.3, -0.25) is 0 Å². The van der Waals surface area contributed by atoms with E-state index in [1.165, 1.54) is 0 Å². The van der Waals surface area contributed by atoms with E-state index in [1.54, 1.807) is 11.8 Å². The average molecular weight is 328 g/mol. The summed E-state index contributed by atoms with van der Waals surface area (Å²) in [6, 6.07) is 7.69. The molecule has 1 aromatic carbocycles. The van der Waals surface area contributed by atoms with Gasteiger partial charge in [0.15, 0.2) is 0 Å². The summed E-state index contributed by atoms with van der Waals surface area (Å²) in [5.74, 6) is 0. The maximum absolute atomic E-state index is 11.6. The van der Waals surface area contributed by atoms with Crippen LogP contribution in [-0.2, 0) is 10.3 Å². The SMILES string of the molecule is CCOC(=O)N1CCC(O)(c2cccc(Br)c2)CC1. The molecule has 4 nitrogen and oxygen atoms in total. The largest absolute Gasteiger partial charge is 0.450 e. The Hall–Kier alpha value is -1.07. The van der Waals surface area contributed by atoms with Crippen LogP contribution in [0.5, 0.6) is 0 Å². The predicted octanol–water partition coefficient (Wildman–Crippen LogP) is 2.89. The van der Waals surface area contributed by atoms with E-state index in [0.717, 1.165) is 10.0 Å². The quantitative estimate of drug-likeness (QED) is 0.908. The van der Waals surface area contributed by atoms with E-state index >= 15 is 0 Å². The minimum Gasteiger partial charge on any atom is -0.450 e. The van der Waals surface area contributed by atoms with Crippen LogP contribution in [0.1, 0.15) is 25.3 Å². The minimum absolute atomic E-state index is 0.293. The standard InChI is InChI=1S/C14H18BrNO3/c1-2-19-13(17)16-8-6-14(18,7-9-16)11-4-3-5-12(15)10-11/h3-5,10,18H,2,6-9H2,1H3. The molecule has 104 valence electrons. The summed E-state index contributed by atoms with van der Waals surface area (Å²) in [4.78, 5) is 13.3. The van der Waals surface area contributed by atoms with Crippen molar-refractivity contribution in [3.05, 3.63) is 34.3 Å². The van der Waals surface area contributed by atoms with Crippen LogP contribution < -0.4 is 0 Å². The predicted molar refractivity (Wildman–Crippen MR) is 75.9 cm³/mol. The van der Waals surface area contributed by atoms with Crippen LogP contribution >= 0.6 is 15.9 Å². The third-order valence-corrected chi connectivity index (χ3v) is 3.97. The minimum atomic E-state index is -0.854. The van der Waals surface area contributed by atoms with Crippen molar-refractivity contribution in [3.63, 3.8) is 0 Å². The average Bonchev–Trinajstić information content (AvgIpc) is 2.40. The summed E-state index contributed by atoms with van der Waals surface area (Å²) >= 11 is 3.41. The van der Waals surface area contributed by atoms with Gasteiger partial charge in [-0.25, -0.2) is 4.79 Å². The number of halogens is 1. The van der Waals surface area contributed by atoms with Gasteiger partial charge in [0.25, 0.3) is 0 Å². The van der Waals surface area contributed by atoms with Crippen molar-refractivity contribution < 1.29 is 14.6 Å². The lowest BCUT2D eigenvalue weighted by atomic mass is 9.84. The summed E-state index contributed by atoms with van der Waals surface area (Å²) in [6.07, 6.45) is 0.767. The molecule has 1 aliphatic heterocycles. The lowest BCUT2D eigenvalue weighted by molar-refractivity contribution is -0.0244. The number of benzene rings is 1. The van der Waals surface area contributed by atoms with Gasteiger partial charge in [0, 0.05) is 17.6 Å². The maximum atomic E-state index is 11.6. The molecule has 0 spiro atoms. The summed E-state index contributed by atoms with van der Waals surface area (Å²) in [5.41, 5.74) is 0.0395. The molecular weight excluding hydrogens is 310 g/mol. The molecule has 1 aromatic rings. The van der Waals surface area contributed by atoms with E-state index < -0.39 is 5.60 Å². The first-order valence-corrected chi connectivity index (χ1v) is 7.24. The number of piperidine rings is 1.